The second-order valence-electron chi connectivity index (χ2n) is 5.74. The lowest BCUT2D eigenvalue weighted by molar-refractivity contribution is 0.767. The van der Waals surface area contributed by atoms with E-state index < -0.39 is 0 Å². The van der Waals surface area contributed by atoms with E-state index in [0.29, 0.717) is 16.7 Å². The highest BCUT2D eigenvalue weighted by Gasteiger charge is 2.10. The van der Waals surface area contributed by atoms with Crippen LogP contribution in [-0.4, -0.2) is 19.3 Å². The molecule has 0 aliphatic rings. The Labute approximate surface area is 144 Å². The summed E-state index contributed by atoms with van der Waals surface area (Å²) in [5, 5.41) is 4.76. The molecule has 0 saturated carbocycles. The van der Waals surface area contributed by atoms with E-state index in [-0.39, 0.29) is 5.56 Å². The van der Waals surface area contributed by atoms with Crippen molar-refractivity contribution < 1.29 is 0 Å². The molecule has 5 heteroatoms. The molecule has 0 aliphatic heterocycles. The van der Waals surface area contributed by atoms with E-state index in [9.17, 15) is 4.79 Å². The number of fused-ring (bicyclic) bond motifs is 1. The van der Waals surface area contributed by atoms with Crippen molar-refractivity contribution >= 4 is 23.1 Å². The van der Waals surface area contributed by atoms with Crippen molar-refractivity contribution in [1.82, 2.24) is 19.3 Å². The van der Waals surface area contributed by atoms with Crippen LogP contribution in [-0.2, 0) is 7.05 Å². The van der Waals surface area contributed by atoms with Crippen molar-refractivity contribution in [2.24, 2.45) is 7.05 Å². The van der Waals surface area contributed by atoms with Gasteiger partial charge >= 0.3 is 0 Å². The molecular weight excluding hydrogens is 312 g/mol. The van der Waals surface area contributed by atoms with Crippen LogP contribution in [0, 0.1) is 0 Å². The monoisotopic (exact) mass is 328 g/mol. The third kappa shape index (κ3) is 2.87. The Morgan fingerprint density at radius 1 is 0.960 bits per heavy atom. The number of hydrogen-bond donors (Lipinski definition) is 0. The topological polar surface area (TPSA) is 52.7 Å². The number of rotatable bonds is 3. The number of aryl methyl sites for hydroxylation is 1. The first-order chi connectivity index (χ1) is 12.2. The summed E-state index contributed by atoms with van der Waals surface area (Å²) in [4.78, 5) is 17.7. The summed E-state index contributed by atoms with van der Waals surface area (Å²) in [7, 11) is 1.87. The molecule has 0 bridgehead atoms. The van der Waals surface area contributed by atoms with Gasteiger partial charge in [-0.25, -0.2) is 4.98 Å². The van der Waals surface area contributed by atoms with Gasteiger partial charge in [0.05, 0.1) is 22.8 Å². The molecule has 0 atom stereocenters. The van der Waals surface area contributed by atoms with E-state index in [1.807, 2.05) is 73.9 Å². The lowest BCUT2D eigenvalue weighted by Crippen LogP contribution is -2.22. The first kappa shape index (κ1) is 15.1. The van der Waals surface area contributed by atoms with Crippen molar-refractivity contribution in [2.75, 3.05) is 0 Å². The minimum absolute atomic E-state index is 0.0809. The average Bonchev–Trinajstić information content (AvgIpc) is 3.06. The van der Waals surface area contributed by atoms with E-state index in [1.54, 1.807) is 21.5 Å². The van der Waals surface area contributed by atoms with Crippen molar-refractivity contribution in [1.29, 1.82) is 0 Å². The van der Waals surface area contributed by atoms with Crippen LogP contribution in [0.3, 0.4) is 0 Å². The van der Waals surface area contributed by atoms with Gasteiger partial charge < -0.3 is 0 Å². The number of benzene rings is 2. The van der Waals surface area contributed by atoms with Gasteiger partial charge in [0.15, 0.2) is 0 Å². The van der Waals surface area contributed by atoms with Crippen LogP contribution in [0.2, 0.25) is 0 Å². The van der Waals surface area contributed by atoms with Crippen LogP contribution < -0.4 is 5.56 Å². The molecule has 0 saturated heterocycles. The minimum atomic E-state index is -0.0809. The Morgan fingerprint density at radius 3 is 2.48 bits per heavy atom. The van der Waals surface area contributed by atoms with Crippen LogP contribution in [0.5, 0.6) is 0 Å². The molecule has 122 valence electrons. The van der Waals surface area contributed by atoms with Gasteiger partial charge in [-0.05, 0) is 36.4 Å². The maximum absolute atomic E-state index is 13.0. The molecule has 2 aromatic heterocycles. The largest absolute Gasteiger partial charge is 0.275 e. The molecule has 25 heavy (non-hydrogen) atoms. The molecule has 2 aromatic carbocycles. The minimum Gasteiger partial charge on any atom is -0.275 e. The quantitative estimate of drug-likeness (QED) is 0.580. The summed E-state index contributed by atoms with van der Waals surface area (Å²) in [6.07, 6.45) is 7.42. The van der Waals surface area contributed by atoms with Crippen molar-refractivity contribution in [3.63, 3.8) is 0 Å². The second kappa shape index (κ2) is 6.20. The predicted octanol–water partition coefficient (Wildman–Crippen LogP) is 3.29. The van der Waals surface area contributed by atoms with Crippen LogP contribution in [0.4, 0.5) is 0 Å². The molecule has 2 heterocycles. The molecule has 4 rings (SSSR count). The summed E-state index contributed by atoms with van der Waals surface area (Å²) in [5.74, 6) is 0.582. The van der Waals surface area contributed by atoms with Crippen LogP contribution in [0.25, 0.3) is 28.7 Å². The van der Waals surface area contributed by atoms with Gasteiger partial charge in [0.25, 0.3) is 5.56 Å². The fourth-order valence-electron chi connectivity index (χ4n) is 2.79. The zero-order chi connectivity index (χ0) is 17.2. The highest BCUT2D eigenvalue weighted by molar-refractivity contribution is 5.80. The van der Waals surface area contributed by atoms with Gasteiger partial charge in [-0.2, -0.15) is 5.10 Å². The van der Waals surface area contributed by atoms with Gasteiger partial charge in [0, 0.05) is 18.8 Å². The molecule has 0 N–H and O–H groups in total. The molecule has 5 nitrogen and oxygen atoms in total. The maximum atomic E-state index is 13.0. The summed E-state index contributed by atoms with van der Waals surface area (Å²) in [6, 6.07) is 16.9. The fraction of sp³-hybridized carbons (Fsp3) is 0.0500. The van der Waals surface area contributed by atoms with Crippen LogP contribution in [0.1, 0.15) is 11.4 Å². The average molecular weight is 328 g/mol. The molecule has 0 spiro atoms. The fourth-order valence-corrected chi connectivity index (χ4v) is 2.79. The Bertz CT molecular complexity index is 1120. The normalized spacial score (nSPS) is 11.4. The van der Waals surface area contributed by atoms with Gasteiger partial charge in [0.1, 0.15) is 5.82 Å². The Kier molecular flexibility index (Phi) is 3.74. The van der Waals surface area contributed by atoms with E-state index >= 15 is 0 Å². The zero-order valence-corrected chi connectivity index (χ0v) is 13.7. The molecular formula is C20H16N4O. The van der Waals surface area contributed by atoms with E-state index in [2.05, 4.69) is 10.1 Å². The molecule has 0 fully saturated rings. The summed E-state index contributed by atoms with van der Waals surface area (Å²) in [6.45, 7) is 0. The molecule has 0 aliphatic carbocycles. The van der Waals surface area contributed by atoms with Crippen LogP contribution in [0.15, 0.2) is 71.8 Å². The van der Waals surface area contributed by atoms with Crippen molar-refractivity contribution in [3.05, 3.63) is 88.7 Å². The van der Waals surface area contributed by atoms with Crippen LogP contribution >= 0.6 is 0 Å². The predicted molar refractivity (Wildman–Crippen MR) is 99.5 cm³/mol. The highest BCUT2D eigenvalue weighted by atomic mass is 16.1. The number of aromatic nitrogens is 4. The molecule has 0 amide bonds. The molecule has 4 aromatic rings. The third-order valence-corrected chi connectivity index (χ3v) is 3.97. The standard InChI is InChI=1S/C20H16N4O/c1-23-14-15(13-21-23)11-12-19-22-18-10-6-5-9-17(18)20(25)24(19)16-7-3-2-4-8-16/h2-14H,1H3. The lowest BCUT2D eigenvalue weighted by Gasteiger charge is -2.11. The molecule has 0 unspecified atom stereocenters. The lowest BCUT2D eigenvalue weighted by atomic mass is 10.2. The van der Waals surface area contributed by atoms with Gasteiger partial charge in [-0.3, -0.25) is 14.0 Å². The zero-order valence-electron chi connectivity index (χ0n) is 13.7. The number of para-hydroxylation sites is 2. The van der Waals surface area contributed by atoms with Gasteiger partial charge in [-0.1, -0.05) is 30.3 Å². The smallest absolute Gasteiger partial charge is 0.266 e. The number of nitrogens with zero attached hydrogens (tertiary/aromatic N) is 4. The van der Waals surface area contributed by atoms with Crippen molar-refractivity contribution in [2.45, 2.75) is 0 Å². The van der Waals surface area contributed by atoms with E-state index in [0.717, 1.165) is 11.3 Å². The van der Waals surface area contributed by atoms with Gasteiger partial charge in [-0.15, -0.1) is 0 Å². The van der Waals surface area contributed by atoms with E-state index in [4.69, 9.17) is 0 Å². The summed E-state index contributed by atoms with van der Waals surface area (Å²) < 4.78 is 3.37. The maximum Gasteiger partial charge on any atom is 0.266 e. The summed E-state index contributed by atoms with van der Waals surface area (Å²) >= 11 is 0. The van der Waals surface area contributed by atoms with Gasteiger partial charge in [0.2, 0.25) is 0 Å². The Hall–Kier alpha value is -3.47. The third-order valence-electron chi connectivity index (χ3n) is 3.97. The SMILES string of the molecule is Cn1cc(C=Cc2nc3ccccc3c(=O)n2-c2ccccc2)cn1. The Morgan fingerprint density at radius 2 is 1.72 bits per heavy atom. The summed E-state index contributed by atoms with van der Waals surface area (Å²) in [5.41, 5.74) is 2.34. The number of hydrogen-bond acceptors (Lipinski definition) is 3. The molecule has 0 radical (unpaired) electrons. The van der Waals surface area contributed by atoms with Crippen molar-refractivity contribution in [3.8, 4) is 5.69 Å². The first-order valence-corrected chi connectivity index (χ1v) is 7.96. The highest BCUT2D eigenvalue weighted by Crippen LogP contribution is 2.15. The van der Waals surface area contributed by atoms with E-state index in [1.165, 1.54) is 0 Å². The first-order valence-electron chi connectivity index (χ1n) is 7.96. The Balaban J connectivity index is 1.95. The second-order valence-corrected chi connectivity index (χ2v) is 5.74.